The lowest BCUT2D eigenvalue weighted by Crippen LogP contribution is -2.42. The van der Waals surface area contributed by atoms with Crippen molar-refractivity contribution in [2.75, 3.05) is 19.8 Å². The lowest BCUT2D eigenvalue weighted by molar-refractivity contribution is -0.155. The molecule has 40 heavy (non-hydrogen) atoms. The van der Waals surface area contributed by atoms with Crippen molar-refractivity contribution in [1.82, 2.24) is 14.7 Å². The second-order valence-corrected chi connectivity index (χ2v) is 9.76. The number of para-hydroxylation sites is 1. The number of benzene rings is 3. The van der Waals surface area contributed by atoms with Crippen LogP contribution in [0.1, 0.15) is 23.6 Å². The predicted octanol–water partition coefficient (Wildman–Crippen LogP) is 4.84. The molecule has 0 bridgehead atoms. The minimum Gasteiger partial charge on any atom is -0.486 e. The molecule has 2 aliphatic rings. The Labute approximate surface area is 232 Å². The zero-order chi connectivity index (χ0) is 27.5. The summed E-state index contributed by atoms with van der Waals surface area (Å²) in [7, 11) is 0. The zero-order valence-electron chi connectivity index (χ0n) is 22.2. The van der Waals surface area contributed by atoms with Gasteiger partial charge in [-0.1, -0.05) is 42.5 Å². The first-order valence-corrected chi connectivity index (χ1v) is 13.3. The highest BCUT2D eigenvalue weighted by Gasteiger charge is 2.26. The van der Waals surface area contributed by atoms with E-state index in [1.54, 1.807) is 22.6 Å². The van der Waals surface area contributed by atoms with Gasteiger partial charge in [0.05, 0.1) is 5.69 Å². The van der Waals surface area contributed by atoms with Gasteiger partial charge in [-0.15, -0.1) is 0 Å². The fourth-order valence-corrected chi connectivity index (χ4v) is 5.00. The van der Waals surface area contributed by atoms with Gasteiger partial charge in [0.15, 0.2) is 17.6 Å². The summed E-state index contributed by atoms with van der Waals surface area (Å²) in [5.41, 5.74) is 5.46. The molecule has 0 spiro atoms. The Hall–Kier alpha value is -4.85. The van der Waals surface area contributed by atoms with Crippen LogP contribution in [-0.4, -0.2) is 52.4 Å². The summed E-state index contributed by atoms with van der Waals surface area (Å²) in [5, 5.41) is 4.80. The Morgan fingerprint density at radius 3 is 2.52 bits per heavy atom. The van der Waals surface area contributed by atoms with Crippen LogP contribution < -0.4 is 9.47 Å². The number of fused-ring (bicyclic) bond motifs is 2. The number of hydrogen-bond donors (Lipinski definition) is 0. The highest BCUT2D eigenvalue weighted by atomic mass is 16.6. The second-order valence-electron chi connectivity index (χ2n) is 9.76. The van der Waals surface area contributed by atoms with Gasteiger partial charge in [0.1, 0.15) is 18.9 Å². The van der Waals surface area contributed by atoms with Crippen LogP contribution in [0.25, 0.3) is 23.0 Å². The molecule has 3 heterocycles. The Balaban J connectivity index is 1.20. The van der Waals surface area contributed by atoms with E-state index in [1.165, 1.54) is 11.6 Å². The van der Waals surface area contributed by atoms with Gasteiger partial charge >= 0.3 is 5.97 Å². The molecule has 0 fully saturated rings. The van der Waals surface area contributed by atoms with Crippen molar-refractivity contribution in [2.24, 2.45) is 0 Å². The third-order valence-corrected chi connectivity index (χ3v) is 7.06. The quantitative estimate of drug-likeness (QED) is 0.260. The van der Waals surface area contributed by atoms with Crippen LogP contribution in [0.5, 0.6) is 11.5 Å². The van der Waals surface area contributed by atoms with E-state index < -0.39 is 12.1 Å². The van der Waals surface area contributed by atoms with E-state index in [1.807, 2.05) is 72.9 Å². The minimum absolute atomic E-state index is 0.204. The van der Waals surface area contributed by atoms with E-state index in [0.717, 1.165) is 23.2 Å². The smallest absolute Gasteiger partial charge is 0.331 e. The number of aromatic nitrogens is 2. The van der Waals surface area contributed by atoms with Gasteiger partial charge in [-0.05, 0) is 60.9 Å². The summed E-state index contributed by atoms with van der Waals surface area (Å²) in [6.45, 7) is 3.73. The standard InChI is InChI=1S/C32H29N3O5/c1-22(32(37)34-16-15-23-7-5-6-8-25(23)20-34)40-30(36)14-12-26-21-35(27-9-3-2-4-10-27)33-31(26)24-11-13-28-29(19-24)39-18-17-38-28/h2-14,19,21-22H,15-18,20H2,1H3/b14-12+. The third kappa shape index (κ3) is 5.33. The molecule has 0 radical (unpaired) electrons. The highest BCUT2D eigenvalue weighted by Crippen LogP contribution is 2.35. The Bertz CT molecular complexity index is 1580. The maximum atomic E-state index is 13.0. The maximum Gasteiger partial charge on any atom is 0.331 e. The molecule has 0 aliphatic carbocycles. The molecule has 1 unspecified atom stereocenters. The van der Waals surface area contributed by atoms with Gasteiger partial charge in [0, 0.05) is 36.5 Å². The van der Waals surface area contributed by atoms with Gasteiger partial charge < -0.3 is 19.1 Å². The van der Waals surface area contributed by atoms with E-state index in [0.29, 0.717) is 49.1 Å². The molecule has 6 rings (SSSR count). The summed E-state index contributed by atoms with van der Waals surface area (Å²) >= 11 is 0. The van der Waals surface area contributed by atoms with Crippen LogP contribution in [0.3, 0.4) is 0 Å². The lowest BCUT2D eigenvalue weighted by atomic mass is 9.99. The molecule has 3 aromatic carbocycles. The molecule has 0 N–H and O–H groups in total. The number of amides is 1. The van der Waals surface area contributed by atoms with Gasteiger partial charge in [-0.2, -0.15) is 5.10 Å². The number of rotatable bonds is 6. The normalized spacial score (nSPS) is 15.0. The van der Waals surface area contributed by atoms with E-state index in [2.05, 4.69) is 6.07 Å². The van der Waals surface area contributed by atoms with Gasteiger partial charge in [0.2, 0.25) is 0 Å². The van der Waals surface area contributed by atoms with Crippen LogP contribution in [-0.2, 0) is 27.3 Å². The first-order valence-electron chi connectivity index (χ1n) is 13.3. The molecule has 2 aliphatic heterocycles. The van der Waals surface area contributed by atoms with Crippen LogP contribution in [0.15, 0.2) is 85.1 Å². The van der Waals surface area contributed by atoms with Crippen LogP contribution in [0, 0.1) is 0 Å². The predicted molar refractivity (Wildman–Crippen MR) is 150 cm³/mol. The fourth-order valence-electron chi connectivity index (χ4n) is 5.00. The summed E-state index contributed by atoms with van der Waals surface area (Å²) in [6.07, 6.45) is 4.74. The first kappa shape index (κ1) is 25.4. The van der Waals surface area contributed by atoms with E-state index in [4.69, 9.17) is 19.3 Å². The number of ether oxygens (including phenoxy) is 3. The number of carbonyl (C=O) groups excluding carboxylic acids is 2. The average Bonchev–Trinajstić information content (AvgIpc) is 3.44. The molecule has 0 saturated heterocycles. The Morgan fingerprint density at radius 2 is 1.70 bits per heavy atom. The molecular weight excluding hydrogens is 506 g/mol. The summed E-state index contributed by atoms with van der Waals surface area (Å²) in [4.78, 5) is 27.6. The number of esters is 1. The monoisotopic (exact) mass is 535 g/mol. The molecule has 0 saturated carbocycles. The first-order chi connectivity index (χ1) is 19.5. The van der Waals surface area contributed by atoms with Crippen molar-refractivity contribution in [1.29, 1.82) is 0 Å². The van der Waals surface area contributed by atoms with E-state index >= 15 is 0 Å². The fraction of sp³-hybridized carbons (Fsp3) is 0.219. The zero-order valence-corrected chi connectivity index (χ0v) is 22.2. The summed E-state index contributed by atoms with van der Waals surface area (Å²) in [6, 6.07) is 23.5. The highest BCUT2D eigenvalue weighted by molar-refractivity contribution is 5.91. The van der Waals surface area contributed by atoms with Crippen LogP contribution >= 0.6 is 0 Å². The Kier molecular flexibility index (Phi) is 7.06. The van der Waals surface area contributed by atoms with Crippen molar-refractivity contribution < 1.29 is 23.8 Å². The largest absolute Gasteiger partial charge is 0.486 e. The van der Waals surface area contributed by atoms with E-state index in [9.17, 15) is 9.59 Å². The van der Waals surface area contributed by atoms with E-state index in [-0.39, 0.29) is 5.91 Å². The van der Waals surface area contributed by atoms with Crippen molar-refractivity contribution in [3.8, 4) is 28.4 Å². The van der Waals surface area contributed by atoms with Crippen LogP contribution in [0.2, 0.25) is 0 Å². The Morgan fingerprint density at radius 1 is 0.950 bits per heavy atom. The molecule has 8 heteroatoms. The molecule has 1 atom stereocenters. The second kappa shape index (κ2) is 11.1. The van der Waals surface area contributed by atoms with Crippen molar-refractivity contribution in [3.05, 3.63) is 102 Å². The van der Waals surface area contributed by atoms with Crippen molar-refractivity contribution in [3.63, 3.8) is 0 Å². The average molecular weight is 536 g/mol. The van der Waals surface area contributed by atoms with Crippen LogP contribution in [0.4, 0.5) is 0 Å². The molecular formula is C32H29N3O5. The SMILES string of the molecule is CC(OC(=O)/C=C/c1cn(-c2ccccc2)nc1-c1ccc2c(c1)OCCO2)C(=O)N1CCc2ccccc2C1. The van der Waals surface area contributed by atoms with Crippen molar-refractivity contribution >= 4 is 18.0 Å². The topological polar surface area (TPSA) is 82.9 Å². The number of hydrogen-bond acceptors (Lipinski definition) is 6. The summed E-state index contributed by atoms with van der Waals surface area (Å²) in [5.74, 6) is 0.540. The molecule has 4 aromatic rings. The molecule has 8 nitrogen and oxygen atoms in total. The van der Waals surface area contributed by atoms with Gasteiger partial charge in [-0.25, -0.2) is 9.48 Å². The van der Waals surface area contributed by atoms with Gasteiger partial charge in [-0.3, -0.25) is 4.79 Å². The van der Waals surface area contributed by atoms with Gasteiger partial charge in [0.25, 0.3) is 5.91 Å². The van der Waals surface area contributed by atoms with Crippen molar-refractivity contribution in [2.45, 2.75) is 26.0 Å². The maximum absolute atomic E-state index is 13.0. The molecule has 1 amide bonds. The molecule has 202 valence electrons. The number of carbonyl (C=O) groups is 2. The minimum atomic E-state index is -0.897. The third-order valence-electron chi connectivity index (χ3n) is 7.06. The number of nitrogens with zero attached hydrogens (tertiary/aromatic N) is 3. The molecule has 1 aromatic heterocycles. The lowest BCUT2D eigenvalue weighted by Gasteiger charge is -2.30. The summed E-state index contributed by atoms with van der Waals surface area (Å²) < 4.78 is 18.7.